The Morgan fingerprint density at radius 3 is 1.61 bits per heavy atom. The van der Waals surface area contributed by atoms with E-state index in [0.29, 0.717) is 13.0 Å². The van der Waals surface area contributed by atoms with Crippen molar-refractivity contribution in [2.75, 3.05) is 19.8 Å². The van der Waals surface area contributed by atoms with Crippen LogP contribution in [-0.2, 0) is 27.9 Å². The summed E-state index contributed by atoms with van der Waals surface area (Å²) in [5.41, 5.74) is 0. The zero-order chi connectivity index (χ0) is 41.3. The van der Waals surface area contributed by atoms with Gasteiger partial charge in [0.25, 0.3) is 0 Å². The number of phosphoric ester groups is 1. The van der Waals surface area contributed by atoms with Crippen molar-refractivity contribution in [3.05, 3.63) is 60.8 Å². The topological polar surface area (TPSA) is 192 Å². The normalized spacial score (nSPS) is 23.6. The van der Waals surface area contributed by atoms with Crippen molar-refractivity contribution >= 4 is 13.8 Å². The summed E-state index contributed by atoms with van der Waals surface area (Å²) in [4.78, 5) is 23.1. The first-order valence-corrected chi connectivity index (χ1v) is 22.6. The summed E-state index contributed by atoms with van der Waals surface area (Å²) < 4.78 is 34.0. The molecular weight excluding hydrogens is 739 g/mol. The van der Waals surface area contributed by atoms with Crippen molar-refractivity contribution in [2.45, 2.75) is 185 Å². The van der Waals surface area contributed by atoms with Crippen LogP contribution < -0.4 is 0 Å². The van der Waals surface area contributed by atoms with E-state index in [2.05, 4.69) is 74.6 Å². The minimum atomic E-state index is -5.03. The molecule has 13 heteroatoms. The highest BCUT2D eigenvalue weighted by Gasteiger charge is 2.51. The van der Waals surface area contributed by atoms with Gasteiger partial charge in [-0.15, -0.1) is 0 Å². The standard InChI is InChI=1S/C43H75O12P/c1-3-5-7-9-11-13-15-17-18-19-21-23-25-27-29-31-33-52-34-36(35-53-56(50,51)55-43-41(48)39(46)38(45)40(47)42(43)49)54-37(44)32-30-28-26-24-22-20-16-14-12-10-8-6-4-2/h6,8,11-14,17-18,20,22,36,38-43,45-49H,3-5,7,9-10,15-16,19,21,23-35H2,1-2H3,(H,50,51)/b8-6-,13-11-,14-12-,18-17-,22-20-. The maximum Gasteiger partial charge on any atom is 0.472 e. The van der Waals surface area contributed by atoms with Gasteiger partial charge < -0.3 is 39.9 Å². The summed E-state index contributed by atoms with van der Waals surface area (Å²) in [7, 11) is -5.03. The number of aliphatic hydroxyl groups is 5. The Balaban J connectivity index is 2.47. The van der Waals surface area contributed by atoms with E-state index in [-0.39, 0.29) is 13.0 Å². The lowest BCUT2D eigenvalue weighted by molar-refractivity contribution is -0.220. The van der Waals surface area contributed by atoms with Gasteiger partial charge in [0.15, 0.2) is 0 Å². The maximum atomic E-state index is 12.8. The number of rotatable bonds is 34. The third kappa shape index (κ3) is 26.1. The van der Waals surface area contributed by atoms with E-state index in [1.54, 1.807) is 0 Å². The molecule has 12 nitrogen and oxygen atoms in total. The van der Waals surface area contributed by atoms with E-state index in [9.17, 15) is 39.8 Å². The van der Waals surface area contributed by atoms with Crippen LogP contribution in [-0.4, -0.2) is 98.9 Å². The molecule has 6 atom stereocenters. The lowest BCUT2D eigenvalue weighted by Crippen LogP contribution is -2.64. The van der Waals surface area contributed by atoms with Crippen molar-refractivity contribution < 1.29 is 58.3 Å². The molecule has 0 saturated heterocycles. The minimum absolute atomic E-state index is 0.0988. The second kappa shape index (κ2) is 34.0. The Morgan fingerprint density at radius 1 is 0.589 bits per heavy atom. The third-order valence-corrected chi connectivity index (χ3v) is 10.4. The van der Waals surface area contributed by atoms with Gasteiger partial charge in [0.05, 0.1) is 13.2 Å². The maximum absolute atomic E-state index is 12.8. The predicted octanol–water partition coefficient (Wildman–Crippen LogP) is 7.86. The Hall–Kier alpha value is -1.96. The van der Waals surface area contributed by atoms with Gasteiger partial charge in [-0.1, -0.05) is 120 Å². The monoisotopic (exact) mass is 814 g/mol. The number of carbonyl (C=O) groups is 1. The zero-order valence-electron chi connectivity index (χ0n) is 34.2. The summed E-state index contributed by atoms with van der Waals surface area (Å²) in [5.74, 6) is -0.513. The molecule has 324 valence electrons. The highest BCUT2D eigenvalue weighted by atomic mass is 31.2. The van der Waals surface area contributed by atoms with Crippen LogP contribution in [0.25, 0.3) is 0 Å². The summed E-state index contributed by atoms with van der Waals surface area (Å²) in [5, 5.41) is 50.1. The number of allylic oxidation sites excluding steroid dienone is 10. The predicted molar refractivity (Wildman–Crippen MR) is 221 cm³/mol. The molecule has 0 bridgehead atoms. The van der Waals surface area contributed by atoms with Crippen LogP contribution in [0.5, 0.6) is 0 Å². The largest absolute Gasteiger partial charge is 0.472 e. The number of hydrogen-bond donors (Lipinski definition) is 6. The fourth-order valence-electron chi connectivity index (χ4n) is 5.99. The molecule has 6 unspecified atom stereocenters. The van der Waals surface area contributed by atoms with Crippen LogP contribution >= 0.6 is 7.82 Å². The first-order valence-electron chi connectivity index (χ1n) is 21.1. The number of esters is 1. The van der Waals surface area contributed by atoms with E-state index < -0.39 is 63.1 Å². The number of ether oxygens (including phenoxy) is 2. The first kappa shape index (κ1) is 52.1. The molecule has 0 aromatic heterocycles. The third-order valence-electron chi connectivity index (χ3n) is 9.37. The number of aliphatic hydroxyl groups excluding tert-OH is 5. The molecule has 56 heavy (non-hydrogen) atoms. The second-order valence-corrected chi connectivity index (χ2v) is 15.9. The van der Waals surface area contributed by atoms with Gasteiger partial charge in [-0.2, -0.15) is 0 Å². The summed E-state index contributed by atoms with van der Waals surface area (Å²) in [6, 6.07) is 0. The van der Waals surface area contributed by atoms with Gasteiger partial charge in [-0.25, -0.2) is 4.57 Å². The molecule has 1 fully saturated rings. The van der Waals surface area contributed by atoms with E-state index in [0.717, 1.165) is 89.9 Å². The lowest BCUT2D eigenvalue weighted by atomic mass is 9.85. The quantitative estimate of drug-likeness (QED) is 0.0160. The van der Waals surface area contributed by atoms with Crippen LogP contribution in [0.2, 0.25) is 0 Å². The summed E-state index contributed by atoms with van der Waals surface area (Å²) in [6.45, 7) is 4.03. The Kier molecular flexibility index (Phi) is 31.6. The fraction of sp³-hybridized carbons (Fsp3) is 0.744. The molecule has 1 rings (SSSR count). The molecule has 0 amide bonds. The van der Waals surface area contributed by atoms with Gasteiger partial charge in [-0.3, -0.25) is 13.8 Å². The molecule has 0 aliphatic heterocycles. The lowest BCUT2D eigenvalue weighted by Gasteiger charge is -2.41. The highest BCUT2D eigenvalue weighted by Crippen LogP contribution is 2.47. The molecule has 1 saturated carbocycles. The molecular formula is C43H75O12P. The van der Waals surface area contributed by atoms with Crippen molar-refractivity contribution in [2.24, 2.45) is 0 Å². The average molecular weight is 815 g/mol. The van der Waals surface area contributed by atoms with Gasteiger partial charge in [0, 0.05) is 13.0 Å². The van der Waals surface area contributed by atoms with Gasteiger partial charge in [0.2, 0.25) is 0 Å². The SMILES string of the molecule is CC/C=C\C/C=C\C/C=C\CCCCCC(=O)OC(COCCCCCCCC/C=C\C/C=C\CCCCC)COP(=O)(O)OC1C(O)C(O)C(O)C(O)C1O. The fourth-order valence-corrected chi connectivity index (χ4v) is 6.96. The number of unbranched alkanes of at least 4 members (excludes halogenated alkanes) is 12. The average Bonchev–Trinajstić information content (AvgIpc) is 3.18. The van der Waals surface area contributed by atoms with Crippen LogP contribution in [0, 0.1) is 0 Å². The van der Waals surface area contributed by atoms with E-state index in [4.69, 9.17) is 18.5 Å². The van der Waals surface area contributed by atoms with Crippen molar-refractivity contribution in [3.8, 4) is 0 Å². The van der Waals surface area contributed by atoms with Gasteiger partial charge in [-0.05, 0) is 77.0 Å². The first-order chi connectivity index (χ1) is 27.0. The Labute approximate surface area is 337 Å². The van der Waals surface area contributed by atoms with Crippen LogP contribution in [0.3, 0.4) is 0 Å². The molecule has 0 heterocycles. The second-order valence-electron chi connectivity index (χ2n) is 14.5. The van der Waals surface area contributed by atoms with Crippen molar-refractivity contribution in [1.82, 2.24) is 0 Å². The highest BCUT2D eigenvalue weighted by molar-refractivity contribution is 7.47. The minimum Gasteiger partial charge on any atom is -0.457 e. The van der Waals surface area contributed by atoms with Crippen molar-refractivity contribution in [1.29, 1.82) is 0 Å². The molecule has 0 spiro atoms. The smallest absolute Gasteiger partial charge is 0.457 e. The summed E-state index contributed by atoms with van der Waals surface area (Å²) >= 11 is 0. The number of hydrogen-bond acceptors (Lipinski definition) is 11. The number of phosphoric acid groups is 1. The van der Waals surface area contributed by atoms with Gasteiger partial charge in [0.1, 0.15) is 42.7 Å². The molecule has 0 radical (unpaired) electrons. The van der Waals surface area contributed by atoms with Gasteiger partial charge >= 0.3 is 13.8 Å². The Morgan fingerprint density at radius 2 is 1.05 bits per heavy atom. The van der Waals surface area contributed by atoms with Crippen molar-refractivity contribution in [3.63, 3.8) is 0 Å². The van der Waals surface area contributed by atoms with E-state index in [1.165, 1.54) is 25.7 Å². The van der Waals surface area contributed by atoms with Crippen LogP contribution in [0.15, 0.2) is 60.8 Å². The van der Waals surface area contributed by atoms with E-state index in [1.807, 2.05) is 0 Å². The molecule has 0 aromatic rings. The molecule has 1 aliphatic carbocycles. The summed E-state index contributed by atoms with van der Waals surface area (Å²) in [6.07, 6.45) is 28.7. The molecule has 6 N–H and O–H groups in total. The Bertz CT molecular complexity index is 1160. The zero-order valence-corrected chi connectivity index (χ0v) is 35.1. The van der Waals surface area contributed by atoms with Crippen LogP contribution in [0.4, 0.5) is 0 Å². The molecule has 1 aliphatic rings. The van der Waals surface area contributed by atoms with Crippen LogP contribution in [0.1, 0.15) is 142 Å². The van der Waals surface area contributed by atoms with E-state index >= 15 is 0 Å². The molecule has 0 aromatic carbocycles. The number of carbonyl (C=O) groups excluding carboxylic acids is 1.